The van der Waals surface area contributed by atoms with Gasteiger partial charge in [-0.1, -0.05) is 6.07 Å². The molecule has 1 rings (SSSR count). The van der Waals surface area contributed by atoms with Gasteiger partial charge in [-0.3, -0.25) is 10.1 Å². The lowest BCUT2D eigenvalue weighted by atomic mass is 10.3. The van der Waals surface area contributed by atoms with Crippen LogP contribution in [0.3, 0.4) is 0 Å². The Morgan fingerprint density at radius 3 is 2.77 bits per heavy atom. The van der Waals surface area contributed by atoms with Gasteiger partial charge in [-0.15, -0.1) is 4.91 Å². The number of nitro groups is 1. The molecule has 0 unspecified atom stereocenters. The van der Waals surface area contributed by atoms with Crippen molar-refractivity contribution >= 4 is 11.4 Å². The topological polar surface area (TPSA) is 75.8 Å². The number of benzene rings is 1. The van der Waals surface area contributed by atoms with E-state index in [1.165, 1.54) is 25.2 Å². The van der Waals surface area contributed by atoms with Gasteiger partial charge < -0.3 is 0 Å². The van der Waals surface area contributed by atoms with E-state index in [1.807, 2.05) is 0 Å². The van der Waals surface area contributed by atoms with Crippen molar-refractivity contribution in [2.75, 3.05) is 12.1 Å². The number of nitroso groups, excluding NO2 is 1. The third-order valence-electron chi connectivity index (χ3n) is 1.54. The second kappa shape index (κ2) is 3.61. The van der Waals surface area contributed by atoms with E-state index in [9.17, 15) is 15.0 Å². The first kappa shape index (κ1) is 9.11. The van der Waals surface area contributed by atoms with E-state index in [0.717, 1.165) is 5.01 Å². The van der Waals surface area contributed by atoms with Crippen LogP contribution in [0, 0.1) is 15.0 Å². The molecular formula is C7H7N3O3. The summed E-state index contributed by atoms with van der Waals surface area (Å²) in [5, 5.41) is 14.0. The molecule has 0 N–H and O–H groups in total. The Morgan fingerprint density at radius 1 is 1.54 bits per heavy atom. The van der Waals surface area contributed by atoms with Crippen LogP contribution in [0.15, 0.2) is 29.6 Å². The summed E-state index contributed by atoms with van der Waals surface area (Å²) in [6, 6.07) is 5.69. The van der Waals surface area contributed by atoms with Crippen molar-refractivity contribution in [1.29, 1.82) is 0 Å². The fourth-order valence-electron chi connectivity index (χ4n) is 0.855. The summed E-state index contributed by atoms with van der Waals surface area (Å²) in [4.78, 5) is 19.9. The number of nitro benzene ring substituents is 1. The molecule has 1 aromatic carbocycles. The first-order valence-electron chi connectivity index (χ1n) is 3.46. The molecule has 0 aromatic heterocycles. The number of nitrogens with zero attached hydrogens (tertiary/aromatic N) is 3. The Morgan fingerprint density at radius 2 is 2.23 bits per heavy atom. The number of non-ortho nitro benzene ring substituents is 1. The summed E-state index contributed by atoms with van der Waals surface area (Å²) < 4.78 is 0. The quantitative estimate of drug-likeness (QED) is 0.404. The van der Waals surface area contributed by atoms with Crippen LogP contribution in [-0.2, 0) is 0 Å². The minimum atomic E-state index is -0.526. The Labute approximate surface area is 73.9 Å². The predicted octanol–water partition coefficient (Wildman–Crippen LogP) is 1.71. The molecular weight excluding hydrogens is 174 g/mol. The third kappa shape index (κ3) is 1.98. The van der Waals surface area contributed by atoms with Crippen LogP contribution in [0.1, 0.15) is 0 Å². The van der Waals surface area contributed by atoms with Crippen molar-refractivity contribution in [2.45, 2.75) is 0 Å². The Hall–Kier alpha value is -1.98. The Balaban J connectivity index is 3.04. The van der Waals surface area contributed by atoms with Crippen molar-refractivity contribution in [3.63, 3.8) is 0 Å². The standard InChI is InChI=1S/C7H7N3O3/c1-9(8-11)6-3-2-4-7(5-6)10(12)13/h2-5H,1H3. The Kier molecular flexibility index (Phi) is 2.53. The lowest BCUT2D eigenvalue weighted by Crippen LogP contribution is -2.06. The molecule has 0 aliphatic heterocycles. The van der Waals surface area contributed by atoms with E-state index in [4.69, 9.17) is 0 Å². The minimum Gasteiger partial charge on any atom is -0.258 e. The van der Waals surface area contributed by atoms with E-state index in [2.05, 4.69) is 5.29 Å². The lowest BCUT2D eigenvalue weighted by molar-refractivity contribution is -0.384. The van der Waals surface area contributed by atoms with Crippen molar-refractivity contribution in [2.24, 2.45) is 5.29 Å². The van der Waals surface area contributed by atoms with Crippen LogP contribution in [-0.4, -0.2) is 12.0 Å². The van der Waals surface area contributed by atoms with Crippen molar-refractivity contribution in [3.05, 3.63) is 39.3 Å². The predicted molar refractivity (Wildman–Crippen MR) is 47.3 cm³/mol. The molecule has 0 aliphatic rings. The van der Waals surface area contributed by atoms with Gasteiger partial charge in [0.1, 0.15) is 0 Å². The monoisotopic (exact) mass is 181 g/mol. The van der Waals surface area contributed by atoms with Crippen LogP contribution in [0.25, 0.3) is 0 Å². The van der Waals surface area contributed by atoms with Crippen LogP contribution in [0.5, 0.6) is 0 Å². The highest BCUT2D eigenvalue weighted by Crippen LogP contribution is 2.19. The fraction of sp³-hybridized carbons (Fsp3) is 0.143. The molecule has 0 radical (unpaired) electrons. The maximum absolute atomic E-state index is 10.3. The zero-order valence-corrected chi connectivity index (χ0v) is 6.88. The summed E-state index contributed by atoms with van der Waals surface area (Å²) in [5.41, 5.74) is 0.331. The molecule has 6 nitrogen and oxygen atoms in total. The molecule has 0 fully saturated rings. The molecule has 0 bridgehead atoms. The molecule has 0 amide bonds. The van der Waals surface area contributed by atoms with Gasteiger partial charge in [0.05, 0.1) is 15.9 Å². The Bertz CT molecular complexity index is 340. The maximum atomic E-state index is 10.3. The molecule has 13 heavy (non-hydrogen) atoms. The lowest BCUT2D eigenvalue weighted by Gasteiger charge is -2.06. The highest BCUT2D eigenvalue weighted by molar-refractivity contribution is 5.51. The molecule has 6 heteroatoms. The molecule has 0 saturated carbocycles. The van der Waals surface area contributed by atoms with Crippen LogP contribution in [0.2, 0.25) is 0 Å². The van der Waals surface area contributed by atoms with E-state index in [0.29, 0.717) is 5.69 Å². The van der Waals surface area contributed by atoms with Gasteiger partial charge in [0.25, 0.3) is 5.69 Å². The number of hydrogen-bond donors (Lipinski definition) is 0. The average molecular weight is 181 g/mol. The first-order valence-corrected chi connectivity index (χ1v) is 3.46. The highest BCUT2D eigenvalue weighted by Gasteiger charge is 2.07. The highest BCUT2D eigenvalue weighted by atomic mass is 16.6. The van der Waals surface area contributed by atoms with Gasteiger partial charge in [-0.2, -0.15) is 0 Å². The summed E-state index contributed by atoms with van der Waals surface area (Å²) >= 11 is 0. The van der Waals surface area contributed by atoms with Crippen molar-refractivity contribution in [3.8, 4) is 0 Å². The summed E-state index contributed by atoms with van der Waals surface area (Å²) in [6.07, 6.45) is 0. The number of hydrogen-bond acceptors (Lipinski definition) is 4. The summed E-state index contributed by atoms with van der Waals surface area (Å²) in [5.74, 6) is 0. The molecule has 68 valence electrons. The SMILES string of the molecule is CN(N=O)c1cccc([N+](=O)[O-])c1. The van der Waals surface area contributed by atoms with E-state index >= 15 is 0 Å². The van der Waals surface area contributed by atoms with Gasteiger partial charge in [0.15, 0.2) is 0 Å². The molecule has 0 spiro atoms. The first-order chi connectivity index (χ1) is 6.15. The number of anilines is 1. The number of rotatable bonds is 3. The van der Waals surface area contributed by atoms with Crippen LogP contribution in [0.4, 0.5) is 11.4 Å². The maximum Gasteiger partial charge on any atom is 0.271 e. The van der Waals surface area contributed by atoms with Crippen LogP contribution >= 0.6 is 0 Å². The van der Waals surface area contributed by atoms with E-state index in [1.54, 1.807) is 6.07 Å². The van der Waals surface area contributed by atoms with Crippen molar-refractivity contribution in [1.82, 2.24) is 0 Å². The van der Waals surface area contributed by atoms with E-state index in [-0.39, 0.29) is 5.69 Å². The van der Waals surface area contributed by atoms with Crippen LogP contribution < -0.4 is 5.01 Å². The van der Waals surface area contributed by atoms with Crippen molar-refractivity contribution < 1.29 is 4.92 Å². The summed E-state index contributed by atoms with van der Waals surface area (Å²) in [6.45, 7) is 0. The molecule has 0 heterocycles. The normalized spacial score (nSPS) is 9.31. The zero-order valence-electron chi connectivity index (χ0n) is 6.88. The smallest absolute Gasteiger partial charge is 0.258 e. The molecule has 0 saturated heterocycles. The van der Waals surface area contributed by atoms with Gasteiger partial charge in [-0.05, 0) is 6.07 Å². The average Bonchev–Trinajstić information content (AvgIpc) is 2.17. The second-order valence-electron chi connectivity index (χ2n) is 2.38. The molecule has 0 atom stereocenters. The fourth-order valence-corrected chi connectivity index (χ4v) is 0.855. The molecule has 1 aromatic rings. The summed E-state index contributed by atoms with van der Waals surface area (Å²) in [7, 11) is 1.42. The van der Waals surface area contributed by atoms with E-state index < -0.39 is 4.92 Å². The van der Waals surface area contributed by atoms with Gasteiger partial charge >= 0.3 is 0 Å². The second-order valence-corrected chi connectivity index (χ2v) is 2.38. The van der Waals surface area contributed by atoms with Gasteiger partial charge in [-0.25, -0.2) is 5.01 Å². The van der Waals surface area contributed by atoms with Gasteiger partial charge in [0.2, 0.25) is 0 Å². The van der Waals surface area contributed by atoms with Gasteiger partial charge in [0, 0.05) is 19.2 Å². The molecule has 0 aliphatic carbocycles. The minimum absolute atomic E-state index is 0.0620. The third-order valence-corrected chi connectivity index (χ3v) is 1.54. The zero-order chi connectivity index (χ0) is 9.84. The largest absolute Gasteiger partial charge is 0.271 e.